The van der Waals surface area contributed by atoms with E-state index in [2.05, 4.69) is 5.32 Å². The summed E-state index contributed by atoms with van der Waals surface area (Å²) in [6.45, 7) is 1.27. The van der Waals surface area contributed by atoms with Crippen molar-refractivity contribution in [1.82, 2.24) is 0 Å². The smallest absolute Gasteiger partial charge is 0.384 e. The Morgan fingerprint density at radius 1 is 1.28 bits per heavy atom. The molecule has 1 heterocycles. The Hall–Kier alpha value is -1.23. The summed E-state index contributed by atoms with van der Waals surface area (Å²) in [6, 6.07) is 5.55. The average Bonchev–Trinajstić information content (AvgIpc) is 2.81. The van der Waals surface area contributed by atoms with Gasteiger partial charge in [-0.05, 0) is 31.4 Å². The number of para-hydroxylation sites is 1. The van der Waals surface area contributed by atoms with Gasteiger partial charge < -0.3 is 10.1 Å². The van der Waals surface area contributed by atoms with Gasteiger partial charge in [-0.3, -0.25) is 0 Å². The number of anilines is 1. The highest BCUT2D eigenvalue weighted by molar-refractivity contribution is 5.52. The van der Waals surface area contributed by atoms with E-state index in [4.69, 9.17) is 4.74 Å². The summed E-state index contributed by atoms with van der Waals surface area (Å²) >= 11 is 0. The third-order valence-corrected chi connectivity index (χ3v) is 3.04. The quantitative estimate of drug-likeness (QED) is 0.890. The molecular formula is C13H16F3NO. The van der Waals surface area contributed by atoms with Gasteiger partial charge in [-0.2, -0.15) is 13.2 Å². The van der Waals surface area contributed by atoms with Crippen LogP contribution >= 0.6 is 0 Å². The molecule has 0 aliphatic carbocycles. The van der Waals surface area contributed by atoms with Crippen molar-refractivity contribution < 1.29 is 17.9 Å². The first-order chi connectivity index (χ1) is 8.57. The van der Waals surface area contributed by atoms with E-state index in [0.29, 0.717) is 6.54 Å². The lowest BCUT2D eigenvalue weighted by Gasteiger charge is -2.15. The van der Waals surface area contributed by atoms with Crippen LogP contribution in [0, 0.1) is 0 Å². The molecular weight excluding hydrogens is 243 g/mol. The zero-order valence-corrected chi connectivity index (χ0v) is 9.96. The van der Waals surface area contributed by atoms with Gasteiger partial charge in [0.2, 0.25) is 0 Å². The summed E-state index contributed by atoms with van der Waals surface area (Å²) in [5, 5.41) is 2.85. The summed E-state index contributed by atoms with van der Waals surface area (Å²) < 4.78 is 43.6. The van der Waals surface area contributed by atoms with Crippen LogP contribution in [-0.4, -0.2) is 19.3 Å². The normalized spacial score (nSPS) is 20.1. The Balaban J connectivity index is 1.92. The molecule has 1 atom stereocenters. The fraction of sp³-hybridized carbons (Fsp3) is 0.538. The molecule has 1 fully saturated rings. The Labute approximate surface area is 104 Å². The summed E-state index contributed by atoms with van der Waals surface area (Å²) in [5.74, 6) is 0. The Kier molecular flexibility index (Phi) is 4.11. The number of alkyl halides is 3. The maximum atomic E-state index is 12.7. The fourth-order valence-electron chi connectivity index (χ4n) is 2.12. The van der Waals surface area contributed by atoms with Crippen LogP contribution in [-0.2, 0) is 10.9 Å². The minimum atomic E-state index is -4.31. The van der Waals surface area contributed by atoms with Crippen LogP contribution in [0.2, 0.25) is 0 Å². The predicted octanol–water partition coefficient (Wildman–Crippen LogP) is 3.69. The molecule has 0 aromatic heterocycles. The number of hydrogen-bond donors (Lipinski definition) is 1. The lowest BCUT2D eigenvalue weighted by Crippen LogP contribution is -2.15. The molecule has 1 aromatic rings. The standard InChI is InChI=1S/C13H16F3NO/c14-13(15,16)11-5-1-2-6-12(11)17-8-7-10-4-3-9-18-10/h1-2,5-6,10,17H,3-4,7-9H2. The fourth-order valence-corrected chi connectivity index (χ4v) is 2.12. The molecule has 1 saturated heterocycles. The van der Waals surface area contributed by atoms with Crippen molar-refractivity contribution in [2.45, 2.75) is 31.5 Å². The van der Waals surface area contributed by atoms with E-state index in [1.807, 2.05) is 0 Å². The molecule has 1 aliphatic heterocycles. The second-order valence-electron chi connectivity index (χ2n) is 4.39. The first kappa shape index (κ1) is 13.2. The van der Waals surface area contributed by atoms with Gasteiger partial charge in [-0.25, -0.2) is 0 Å². The van der Waals surface area contributed by atoms with Gasteiger partial charge in [-0.1, -0.05) is 12.1 Å². The van der Waals surface area contributed by atoms with Crippen molar-refractivity contribution in [3.63, 3.8) is 0 Å². The van der Waals surface area contributed by atoms with Crippen molar-refractivity contribution in [2.75, 3.05) is 18.5 Å². The van der Waals surface area contributed by atoms with Crippen molar-refractivity contribution in [1.29, 1.82) is 0 Å². The van der Waals surface area contributed by atoms with E-state index < -0.39 is 11.7 Å². The van der Waals surface area contributed by atoms with Gasteiger partial charge in [0.15, 0.2) is 0 Å². The van der Waals surface area contributed by atoms with Gasteiger partial charge in [0.1, 0.15) is 0 Å². The maximum absolute atomic E-state index is 12.7. The highest BCUT2D eigenvalue weighted by atomic mass is 19.4. The average molecular weight is 259 g/mol. The summed E-state index contributed by atoms with van der Waals surface area (Å²) in [6.07, 6.45) is -1.33. The maximum Gasteiger partial charge on any atom is 0.418 e. The third kappa shape index (κ3) is 3.38. The van der Waals surface area contributed by atoms with Gasteiger partial charge in [0.05, 0.1) is 11.7 Å². The number of nitrogens with one attached hydrogen (secondary N) is 1. The van der Waals surface area contributed by atoms with Crippen molar-refractivity contribution in [3.05, 3.63) is 29.8 Å². The molecule has 1 aromatic carbocycles. The predicted molar refractivity (Wildman–Crippen MR) is 63.5 cm³/mol. The molecule has 18 heavy (non-hydrogen) atoms. The van der Waals surface area contributed by atoms with E-state index in [1.54, 1.807) is 6.07 Å². The number of ether oxygens (including phenoxy) is 1. The minimum absolute atomic E-state index is 0.142. The van der Waals surface area contributed by atoms with Gasteiger partial charge in [0.25, 0.3) is 0 Å². The zero-order valence-electron chi connectivity index (χ0n) is 9.96. The van der Waals surface area contributed by atoms with Gasteiger partial charge in [0, 0.05) is 18.8 Å². The van der Waals surface area contributed by atoms with Crippen LogP contribution in [0.25, 0.3) is 0 Å². The SMILES string of the molecule is FC(F)(F)c1ccccc1NCCC1CCCO1. The Morgan fingerprint density at radius 3 is 2.72 bits per heavy atom. The molecule has 1 N–H and O–H groups in total. The van der Waals surface area contributed by atoms with Gasteiger partial charge >= 0.3 is 6.18 Å². The highest BCUT2D eigenvalue weighted by Gasteiger charge is 2.33. The van der Waals surface area contributed by atoms with Gasteiger partial charge in [-0.15, -0.1) is 0 Å². The second-order valence-corrected chi connectivity index (χ2v) is 4.39. The van der Waals surface area contributed by atoms with Crippen LogP contribution in [0.3, 0.4) is 0 Å². The second kappa shape index (κ2) is 5.61. The topological polar surface area (TPSA) is 21.3 Å². The van der Waals surface area contributed by atoms with E-state index in [1.165, 1.54) is 12.1 Å². The lowest BCUT2D eigenvalue weighted by molar-refractivity contribution is -0.136. The van der Waals surface area contributed by atoms with E-state index >= 15 is 0 Å². The molecule has 5 heteroatoms. The van der Waals surface area contributed by atoms with Crippen LogP contribution in [0.4, 0.5) is 18.9 Å². The van der Waals surface area contributed by atoms with Crippen LogP contribution in [0.5, 0.6) is 0 Å². The summed E-state index contributed by atoms with van der Waals surface area (Å²) in [4.78, 5) is 0. The van der Waals surface area contributed by atoms with Crippen LogP contribution < -0.4 is 5.32 Å². The Bertz CT molecular complexity index is 386. The molecule has 1 unspecified atom stereocenters. The van der Waals surface area contributed by atoms with Crippen molar-refractivity contribution in [2.24, 2.45) is 0 Å². The Morgan fingerprint density at radius 2 is 2.06 bits per heavy atom. The largest absolute Gasteiger partial charge is 0.418 e. The molecule has 0 amide bonds. The van der Waals surface area contributed by atoms with Crippen LogP contribution in [0.1, 0.15) is 24.8 Å². The number of benzene rings is 1. The molecule has 0 bridgehead atoms. The minimum Gasteiger partial charge on any atom is -0.384 e. The third-order valence-electron chi connectivity index (χ3n) is 3.04. The van der Waals surface area contributed by atoms with Crippen molar-refractivity contribution in [3.8, 4) is 0 Å². The molecule has 2 nitrogen and oxygen atoms in total. The molecule has 0 radical (unpaired) electrons. The van der Waals surface area contributed by atoms with Crippen molar-refractivity contribution >= 4 is 5.69 Å². The molecule has 1 aliphatic rings. The van der Waals surface area contributed by atoms with E-state index in [9.17, 15) is 13.2 Å². The zero-order chi connectivity index (χ0) is 13.0. The highest BCUT2D eigenvalue weighted by Crippen LogP contribution is 2.34. The number of rotatable bonds is 4. The van der Waals surface area contributed by atoms with E-state index in [-0.39, 0.29) is 11.8 Å². The van der Waals surface area contributed by atoms with E-state index in [0.717, 1.165) is 31.9 Å². The number of halogens is 3. The number of hydrogen-bond acceptors (Lipinski definition) is 2. The summed E-state index contributed by atoms with van der Waals surface area (Å²) in [5.41, 5.74) is -0.472. The lowest BCUT2D eigenvalue weighted by atomic mass is 10.1. The van der Waals surface area contributed by atoms with Crippen LogP contribution in [0.15, 0.2) is 24.3 Å². The monoisotopic (exact) mass is 259 g/mol. The first-order valence-corrected chi connectivity index (χ1v) is 6.09. The molecule has 0 spiro atoms. The first-order valence-electron chi connectivity index (χ1n) is 6.09. The summed E-state index contributed by atoms with van der Waals surface area (Å²) in [7, 11) is 0. The molecule has 100 valence electrons. The molecule has 2 rings (SSSR count). The molecule has 0 saturated carbocycles.